The number of amides is 1. The number of phenols is 1. The fourth-order valence-corrected chi connectivity index (χ4v) is 5.71. The normalized spacial score (nSPS) is 12.0. The standard InChI is InChI=1S/C39H50N2O3/c1-8-38(4,5)28-22-23-32(31(26-28)39(6,7)9-2)44-25-17-16-24-41(10-3)37(43)34-33(27-18-12-11-13-19-27)35(40)29-20-14-15-21-30(29)36(34)42/h11-15,18-23,26,42H,8-10,16-17,24-25,40H2,1-7H3. The molecule has 4 aromatic carbocycles. The molecular formula is C39H50N2O3. The predicted molar refractivity (Wildman–Crippen MR) is 185 cm³/mol. The Morgan fingerprint density at radius 2 is 1.48 bits per heavy atom. The Morgan fingerprint density at radius 1 is 0.841 bits per heavy atom. The number of aromatic hydroxyl groups is 1. The summed E-state index contributed by atoms with van der Waals surface area (Å²) in [5.74, 6) is 0.699. The highest BCUT2D eigenvalue weighted by Gasteiger charge is 2.28. The fourth-order valence-electron chi connectivity index (χ4n) is 5.71. The van der Waals surface area contributed by atoms with Gasteiger partial charge in [0.1, 0.15) is 11.5 Å². The number of rotatable bonds is 13. The molecule has 0 radical (unpaired) electrons. The van der Waals surface area contributed by atoms with Gasteiger partial charge in [0, 0.05) is 40.7 Å². The molecule has 0 bridgehead atoms. The molecule has 1 amide bonds. The molecule has 0 aliphatic rings. The van der Waals surface area contributed by atoms with E-state index < -0.39 is 0 Å². The summed E-state index contributed by atoms with van der Waals surface area (Å²) in [6.45, 7) is 17.2. The van der Waals surface area contributed by atoms with Crippen LogP contribution in [-0.4, -0.2) is 35.6 Å². The summed E-state index contributed by atoms with van der Waals surface area (Å²) in [5, 5.41) is 12.8. The van der Waals surface area contributed by atoms with Crippen molar-refractivity contribution in [2.75, 3.05) is 25.4 Å². The average Bonchev–Trinajstić information content (AvgIpc) is 3.04. The van der Waals surface area contributed by atoms with Crippen molar-refractivity contribution in [2.24, 2.45) is 0 Å². The summed E-state index contributed by atoms with van der Waals surface area (Å²) in [5.41, 5.74) is 11.5. The molecule has 3 N–H and O–H groups in total. The van der Waals surface area contributed by atoms with Crippen LogP contribution in [0.15, 0.2) is 72.8 Å². The maximum atomic E-state index is 14.1. The average molecular weight is 595 g/mol. The summed E-state index contributed by atoms with van der Waals surface area (Å²) in [6.07, 6.45) is 3.67. The van der Waals surface area contributed by atoms with Crippen LogP contribution in [0.4, 0.5) is 5.69 Å². The number of unbranched alkanes of at least 4 members (excludes halogenated alkanes) is 1. The lowest BCUT2D eigenvalue weighted by molar-refractivity contribution is 0.0757. The number of nitrogens with zero attached hydrogens (tertiary/aromatic N) is 1. The van der Waals surface area contributed by atoms with Gasteiger partial charge in [0.25, 0.3) is 5.91 Å². The van der Waals surface area contributed by atoms with E-state index in [-0.39, 0.29) is 28.1 Å². The maximum absolute atomic E-state index is 14.1. The molecule has 0 atom stereocenters. The zero-order chi connectivity index (χ0) is 32.1. The zero-order valence-electron chi connectivity index (χ0n) is 27.7. The Kier molecular flexibility index (Phi) is 10.3. The molecule has 234 valence electrons. The number of hydrogen-bond donors (Lipinski definition) is 2. The van der Waals surface area contributed by atoms with Crippen molar-refractivity contribution in [1.82, 2.24) is 4.90 Å². The number of phenolic OH excluding ortho intramolecular Hbond substituents is 1. The van der Waals surface area contributed by atoms with Crippen LogP contribution in [0.3, 0.4) is 0 Å². The summed E-state index contributed by atoms with van der Waals surface area (Å²) in [7, 11) is 0. The second-order valence-electron chi connectivity index (χ2n) is 13.1. The van der Waals surface area contributed by atoms with E-state index in [9.17, 15) is 9.90 Å². The topological polar surface area (TPSA) is 75.8 Å². The van der Waals surface area contributed by atoms with Crippen molar-refractivity contribution in [1.29, 1.82) is 0 Å². The highest BCUT2D eigenvalue weighted by Crippen LogP contribution is 2.43. The third-order valence-corrected chi connectivity index (χ3v) is 9.51. The first-order chi connectivity index (χ1) is 21.0. The van der Waals surface area contributed by atoms with Gasteiger partial charge in [-0.15, -0.1) is 0 Å². The SMILES string of the molecule is CCN(CCCCOc1ccc(C(C)(C)CC)cc1C(C)(C)CC)C(=O)c1c(-c2ccccc2)c(N)c2ccccc2c1O. The maximum Gasteiger partial charge on any atom is 0.258 e. The van der Waals surface area contributed by atoms with Gasteiger partial charge < -0.3 is 20.5 Å². The van der Waals surface area contributed by atoms with Crippen molar-refractivity contribution >= 4 is 22.4 Å². The Bertz CT molecular complexity index is 1590. The minimum absolute atomic E-state index is 0.000752. The van der Waals surface area contributed by atoms with Gasteiger partial charge in [-0.25, -0.2) is 0 Å². The molecule has 44 heavy (non-hydrogen) atoms. The number of carbonyl (C=O) groups is 1. The van der Waals surface area contributed by atoms with Gasteiger partial charge in [0.2, 0.25) is 0 Å². The largest absolute Gasteiger partial charge is 0.506 e. The third kappa shape index (κ3) is 6.72. The number of fused-ring (bicyclic) bond motifs is 1. The molecule has 0 aliphatic carbocycles. The zero-order valence-corrected chi connectivity index (χ0v) is 27.7. The van der Waals surface area contributed by atoms with Crippen molar-refractivity contribution in [3.05, 3.63) is 89.5 Å². The Balaban J connectivity index is 1.52. The quantitative estimate of drug-likeness (QED) is 0.0918. The van der Waals surface area contributed by atoms with Crippen molar-refractivity contribution in [3.8, 4) is 22.6 Å². The molecule has 4 rings (SSSR count). The van der Waals surface area contributed by atoms with Crippen LogP contribution in [-0.2, 0) is 10.8 Å². The molecule has 0 saturated carbocycles. The lowest BCUT2D eigenvalue weighted by Crippen LogP contribution is -2.32. The van der Waals surface area contributed by atoms with E-state index in [4.69, 9.17) is 10.5 Å². The van der Waals surface area contributed by atoms with E-state index in [1.54, 1.807) is 4.90 Å². The Morgan fingerprint density at radius 3 is 2.11 bits per heavy atom. The van der Waals surface area contributed by atoms with E-state index in [0.29, 0.717) is 36.3 Å². The van der Waals surface area contributed by atoms with Gasteiger partial charge >= 0.3 is 0 Å². The van der Waals surface area contributed by atoms with Crippen LogP contribution < -0.4 is 10.5 Å². The molecule has 5 nitrogen and oxygen atoms in total. The molecule has 0 aromatic heterocycles. The number of ether oxygens (including phenoxy) is 1. The van der Waals surface area contributed by atoms with Gasteiger partial charge in [-0.2, -0.15) is 0 Å². The van der Waals surface area contributed by atoms with Gasteiger partial charge in [-0.05, 0) is 60.6 Å². The van der Waals surface area contributed by atoms with Gasteiger partial charge in [0.05, 0.1) is 12.2 Å². The second-order valence-corrected chi connectivity index (χ2v) is 13.1. The van der Waals surface area contributed by atoms with E-state index in [1.807, 2.05) is 61.5 Å². The number of nitrogen functional groups attached to an aromatic ring is 1. The van der Waals surface area contributed by atoms with E-state index in [0.717, 1.165) is 42.4 Å². The molecule has 0 unspecified atom stereocenters. The second kappa shape index (κ2) is 13.8. The number of anilines is 1. The first kappa shape index (κ1) is 32.9. The lowest BCUT2D eigenvalue weighted by atomic mass is 9.76. The van der Waals surface area contributed by atoms with Gasteiger partial charge in [-0.1, -0.05) is 108 Å². The summed E-state index contributed by atoms with van der Waals surface area (Å²) < 4.78 is 6.39. The van der Waals surface area contributed by atoms with Crippen LogP contribution in [0, 0.1) is 0 Å². The molecule has 4 aromatic rings. The summed E-state index contributed by atoms with van der Waals surface area (Å²) >= 11 is 0. The third-order valence-electron chi connectivity index (χ3n) is 9.51. The van der Waals surface area contributed by atoms with Crippen LogP contribution in [0.5, 0.6) is 11.5 Å². The van der Waals surface area contributed by atoms with Crippen LogP contribution in [0.1, 0.15) is 95.6 Å². The Labute approximate surface area is 264 Å². The predicted octanol–water partition coefficient (Wildman–Crippen LogP) is 9.49. The first-order valence-corrected chi connectivity index (χ1v) is 16.1. The minimum Gasteiger partial charge on any atom is -0.506 e. The summed E-state index contributed by atoms with van der Waals surface area (Å²) in [4.78, 5) is 15.9. The van der Waals surface area contributed by atoms with Crippen LogP contribution >= 0.6 is 0 Å². The Hall–Kier alpha value is -3.99. The van der Waals surface area contributed by atoms with E-state index >= 15 is 0 Å². The molecule has 0 spiro atoms. The number of nitrogens with two attached hydrogens (primary N) is 1. The lowest BCUT2D eigenvalue weighted by Gasteiger charge is -2.30. The van der Waals surface area contributed by atoms with Gasteiger partial charge in [0.15, 0.2) is 0 Å². The molecular weight excluding hydrogens is 544 g/mol. The van der Waals surface area contributed by atoms with E-state index in [1.165, 1.54) is 11.1 Å². The van der Waals surface area contributed by atoms with Crippen LogP contribution in [0.2, 0.25) is 0 Å². The van der Waals surface area contributed by atoms with Crippen molar-refractivity contribution in [2.45, 2.75) is 85.0 Å². The number of hydrogen-bond acceptors (Lipinski definition) is 4. The van der Waals surface area contributed by atoms with Crippen molar-refractivity contribution in [3.63, 3.8) is 0 Å². The monoisotopic (exact) mass is 594 g/mol. The fraction of sp³-hybridized carbons (Fsp3) is 0.410. The highest BCUT2D eigenvalue weighted by molar-refractivity contribution is 6.15. The summed E-state index contributed by atoms with van der Waals surface area (Å²) in [6, 6.07) is 23.7. The van der Waals surface area contributed by atoms with E-state index in [2.05, 4.69) is 59.7 Å². The highest BCUT2D eigenvalue weighted by atomic mass is 16.5. The van der Waals surface area contributed by atoms with Crippen molar-refractivity contribution < 1.29 is 14.6 Å². The minimum atomic E-state index is -0.219. The smallest absolute Gasteiger partial charge is 0.258 e. The van der Waals surface area contributed by atoms with Crippen LogP contribution in [0.25, 0.3) is 21.9 Å². The van der Waals surface area contributed by atoms with Gasteiger partial charge in [-0.3, -0.25) is 4.79 Å². The molecule has 0 saturated heterocycles. The number of benzene rings is 4. The molecule has 5 heteroatoms. The molecule has 0 fully saturated rings. The first-order valence-electron chi connectivity index (χ1n) is 16.1. The number of carbonyl (C=O) groups excluding carboxylic acids is 1. The molecule has 0 heterocycles. The molecule has 0 aliphatic heterocycles.